The minimum absolute atomic E-state index is 0.310. The summed E-state index contributed by atoms with van der Waals surface area (Å²) in [6.07, 6.45) is 6.55. The molecule has 1 aromatic heterocycles. The molecule has 0 saturated carbocycles. The number of pyridine rings is 1. The molecule has 2 saturated heterocycles. The molecule has 1 amide bonds. The number of piperidine rings is 2. The molecule has 102 valence electrons. The average molecular weight is 259 g/mol. The monoisotopic (exact) mass is 259 g/mol. The molecule has 19 heavy (non-hydrogen) atoms. The van der Waals surface area contributed by atoms with Gasteiger partial charge in [-0.3, -0.25) is 9.78 Å². The lowest BCUT2D eigenvalue weighted by Crippen LogP contribution is -2.54. The molecule has 2 atom stereocenters. The largest absolute Gasteiger partial charge is 0.335 e. The third-order valence-corrected chi connectivity index (χ3v) is 4.30. The molecule has 0 radical (unpaired) electrons. The first kappa shape index (κ1) is 12.6. The van der Waals surface area contributed by atoms with Crippen molar-refractivity contribution in [3.63, 3.8) is 0 Å². The number of aryl methyl sites for hydroxylation is 1. The van der Waals surface area contributed by atoms with Crippen molar-refractivity contribution in [3.05, 3.63) is 29.6 Å². The first-order valence-corrected chi connectivity index (χ1v) is 7.15. The van der Waals surface area contributed by atoms with E-state index in [4.69, 9.17) is 0 Å². The Bertz CT molecular complexity index is 474. The quantitative estimate of drug-likeness (QED) is 0.875. The maximum atomic E-state index is 12.2. The average Bonchev–Trinajstić information content (AvgIpc) is 2.42. The van der Waals surface area contributed by atoms with Crippen LogP contribution in [0.5, 0.6) is 0 Å². The summed E-state index contributed by atoms with van der Waals surface area (Å²) in [7, 11) is 0. The number of likely N-dealkylation sites (tertiary alicyclic amines) is 1. The van der Waals surface area contributed by atoms with E-state index in [0.29, 0.717) is 30.8 Å². The highest BCUT2D eigenvalue weighted by Crippen LogP contribution is 2.29. The highest BCUT2D eigenvalue weighted by Gasteiger charge is 2.36. The second-order valence-corrected chi connectivity index (χ2v) is 5.75. The van der Waals surface area contributed by atoms with E-state index in [1.54, 1.807) is 0 Å². The van der Waals surface area contributed by atoms with Gasteiger partial charge in [-0.05, 0) is 49.9 Å². The van der Waals surface area contributed by atoms with Gasteiger partial charge in [-0.1, -0.05) is 6.07 Å². The Kier molecular flexibility index (Phi) is 3.51. The van der Waals surface area contributed by atoms with Crippen LogP contribution in [0.25, 0.3) is 0 Å². The number of rotatable bonds is 2. The van der Waals surface area contributed by atoms with Crippen LogP contribution in [0.4, 0.5) is 0 Å². The molecule has 4 heteroatoms. The number of hydrogen-bond donors (Lipinski definition) is 1. The Balaban J connectivity index is 1.78. The number of aromatic nitrogens is 1. The number of amides is 1. The third-order valence-electron chi connectivity index (χ3n) is 4.30. The second kappa shape index (κ2) is 5.29. The molecule has 3 heterocycles. The van der Waals surface area contributed by atoms with Gasteiger partial charge in [0.1, 0.15) is 0 Å². The van der Waals surface area contributed by atoms with Crippen LogP contribution in [0.1, 0.15) is 30.4 Å². The Morgan fingerprint density at radius 3 is 3.16 bits per heavy atom. The van der Waals surface area contributed by atoms with E-state index in [1.807, 2.05) is 19.3 Å². The van der Waals surface area contributed by atoms with Gasteiger partial charge in [0.15, 0.2) is 0 Å². The first-order valence-electron chi connectivity index (χ1n) is 7.15. The Hall–Kier alpha value is -1.42. The number of nitrogens with one attached hydrogen (secondary N) is 1. The molecule has 0 bridgehead atoms. The van der Waals surface area contributed by atoms with Gasteiger partial charge < -0.3 is 10.2 Å². The maximum absolute atomic E-state index is 12.2. The van der Waals surface area contributed by atoms with E-state index in [9.17, 15) is 4.79 Å². The maximum Gasteiger partial charge on any atom is 0.223 e. The number of fused-ring (bicyclic) bond motifs is 1. The molecular formula is C15H21N3O. The van der Waals surface area contributed by atoms with Crippen molar-refractivity contribution >= 4 is 5.91 Å². The van der Waals surface area contributed by atoms with Crippen LogP contribution in [-0.4, -0.2) is 34.9 Å². The lowest BCUT2D eigenvalue weighted by Gasteiger charge is -2.44. The number of carbonyl (C=O) groups excluding carboxylic acids is 1. The van der Waals surface area contributed by atoms with Crippen molar-refractivity contribution < 1.29 is 4.79 Å². The molecule has 3 rings (SSSR count). The Morgan fingerprint density at radius 2 is 2.32 bits per heavy atom. The molecular weight excluding hydrogens is 238 g/mol. The van der Waals surface area contributed by atoms with Gasteiger partial charge in [0, 0.05) is 31.4 Å². The van der Waals surface area contributed by atoms with Gasteiger partial charge in [-0.25, -0.2) is 0 Å². The molecule has 2 aliphatic rings. The zero-order valence-electron chi connectivity index (χ0n) is 11.4. The topological polar surface area (TPSA) is 45.2 Å². The summed E-state index contributed by atoms with van der Waals surface area (Å²) in [6, 6.07) is 2.55. The standard InChI is InChI=1S/C15H21N3O/c1-11-6-12(8-17-7-11)10-18-14-4-5-16-9-13(14)2-3-15(18)19/h6-8,13-14,16H,2-5,9-10H2,1H3. The fourth-order valence-corrected chi connectivity index (χ4v) is 3.36. The predicted octanol–water partition coefficient (Wildman–Crippen LogP) is 1.49. The van der Waals surface area contributed by atoms with E-state index in [1.165, 1.54) is 0 Å². The molecule has 2 unspecified atom stereocenters. The molecule has 0 aliphatic carbocycles. The summed E-state index contributed by atoms with van der Waals surface area (Å²) in [6.45, 7) is 4.84. The van der Waals surface area contributed by atoms with Crippen LogP contribution >= 0.6 is 0 Å². The normalized spacial score (nSPS) is 27.2. The summed E-state index contributed by atoms with van der Waals surface area (Å²) in [4.78, 5) is 18.5. The lowest BCUT2D eigenvalue weighted by atomic mass is 9.84. The second-order valence-electron chi connectivity index (χ2n) is 5.75. The van der Waals surface area contributed by atoms with Gasteiger partial charge in [0.05, 0.1) is 0 Å². The van der Waals surface area contributed by atoms with Crippen molar-refractivity contribution in [1.82, 2.24) is 15.2 Å². The molecule has 0 spiro atoms. The van der Waals surface area contributed by atoms with E-state index in [0.717, 1.165) is 37.1 Å². The summed E-state index contributed by atoms with van der Waals surface area (Å²) < 4.78 is 0. The van der Waals surface area contributed by atoms with E-state index in [-0.39, 0.29) is 0 Å². The summed E-state index contributed by atoms with van der Waals surface area (Å²) in [5.41, 5.74) is 2.30. The van der Waals surface area contributed by atoms with E-state index < -0.39 is 0 Å². The SMILES string of the molecule is Cc1cncc(CN2C(=O)CCC3CNCCC32)c1. The fraction of sp³-hybridized carbons (Fsp3) is 0.600. The van der Waals surface area contributed by atoms with Crippen LogP contribution in [0.15, 0.2) is 18.5 Å². The summed E-state index contributed by atoms with van der Waals surface area (Å²) >= 11 is 0. The van der Waals surface area contributed by atoms with Crippen molar-refractivity contribution in [2.75, 3.05) is 13.1 Å². The van der Waals surface area contributed by atoms with E-state index >= 15 is 0 Å². The molecule has 1 aromatic rings. The lowest BCUT2D eigenvalue weighted by molar-refractivity contribution is -0.140. The van der Waals surface area contributed by atoms with Gasteiger partial charge in [-0.15, -0.1) is 0 Å². The van der Waals surface area contributed by atoms with Gasteiger partial charge in [0.25, 0.3) is 0 Å². The third kappa shape index (κ3) is 2.63. The fourth-order valence-electron chi connectivity index (χ4n) is 3.36. The zero-order valence-corrected chi connectivity index (χ0v) is 11.4. The van der Waals surface area contributed by atoms with Crippen LogP contribution in [0, 0.1) is 12.8 Å². The summed E-state index contributed by atoms with van der Waals surface area (Å²) in [5.74, 6) is 0.939. The van der Waals surface area contributed by atoms with Crippen LogP contribution in [-0.2, 0) is 11.3 Å². The van der Waals surface area contributed by atoms with E-state index in [2.05, 4.69) is 21.3 Å². The minimum atomic E-state index is 0.310. The minimum Gasteiger partial charge on any atom is -0.335 e. The van der Waals surface area contributed by atoms with Gasteiger partial charge in [-0.2, -0.15) is 0 Å². The molecule has 4 nitrogen and oxygen atoms in total. The Labute approximate surface area is 114 Å². The van der Waals surface area contributed by atoms with Gasteiger partial charge in [0.2, 0.25) is 5.91 Å². The molecule has 1 N–H and O–H groups in total. The molecule has 2 fully saturated rings. The number of hydrogen-bond acceptors (Lipinski definition) is 3. The highest BCUT2D eigenvalue weighted by molar-refractivity contribution is 5.77. The van der Waals surface area contributed by atoms with Crippen LogP contribution in [0.3, 0.4) is 0 Å². The van der Waals surface area contributed by atoms with Crippen molar-refractivity contribution in [1.29, 1.82) is 0 Å². The number of carbonyl (C=O) groups is 1. The van der Waals surface area contributed by atoms with Crippen LogP contribution in [0.2, 0.25) is 0 Å². The smallest absolute Gasteiger partial charge is 0.223 e. The molecule has 2 aliphatic heterocycles. The predicted molar refractivity (Wildman–Crippen MR) is 73.5 cm³/mol. The zero-order chi connectivity index (χ0) is 13.2. The number of nitrogens with zero attached hydrogens (tertiary/aromatic N) is 2. The molecule has 0 aromatic carbocycles. The highest BCUT2D eigenvalue weighted by atomic mass is 16.2. The summed E-state index contributed by atoms with van der Waals surface area (Å²) in [5, 5.41) is 3.44. The first-order chi connectivity index (χ1) is 9.24. The van der Waals surface area contributed by atoms with Crippen molar-refractivity contribution in [2.45, 2.75) is 38.8 Å². The Morgan fingerprint density at radius 1 is 1.42 bits per heavy atom. The van der Waals surface area contributed by atoms with Crippen molar-refractivity contribution in [2.24, 2.45) is 5.92 Å². The van der Waals surface area contributed by atoms with Crippen molar-refractivity contribution in [3.8, 4) is 0 Å². The van der Waals surface area contributed by atoms with Crippen LogP contribution < -0.4 is 5.32 Å². The van der Waals surface area contributed by atoms with Gasteiger partial charge >= 0.3 is 0 Å².